The van der Waals surface area contributed by atoms with Crippen molar-refractivity contribution in [1.82, 2.24) is 10.9 Å². The normalized spacial score (nSPS) is 7.50. The fraction of sp³-hybridized carbons (Fsp3) is 0.667. The van der Waals surface area contributed by atoms with Gasteiger partial charge in [-0.15, -0.1) is 0 Å². The Balaban J connectivity index is 2.49. The molecule has 0 unspecified atom stereocenters. The lowest BCUT2D eigenvalue weighted by atomic mass is 10.8. The zero-order valence-corrected chi connectivity index (χ0v) is 4.43. The zero-order valence-electron chi connectivity index (χ0n) is 3.62. The average molecular weight is 103 g/mol. The van der Waals surface area contributed by atoms with Gasteiger partial charge in [0.25, 0.3) is 0 Å². The Bertz CT molecular complexity index is 37.8. The monoisotopic (exact) mass is 103 g/mol. The molecule has 2 N–H and O–H groups in total. The lowest BCUT2D eigenvalue weighted by Gasteiger charge is -1.91. The van der Waals surface area contributed by atoms with Gasteiger partial charge < -0.3 is 5.43 Å². The molecule has 0 aromatic carbocycles. The van der Waals surface area contributed by atoms with Crippen molar-refractivity contribution in [1.29, 1.82) is 0 Å². The molecule has 0 saturated heterocycles. The third kappa shape index (κ3) is 3.85. The molecule has 0 atom stereocenters. The predicted octanol–water partition coefficient (Wildman–Crippen LogP) is -0.0653. The molecular formula is C3H7N2S. The van der Waals surface area contributed by atoms with Crippen LogP contribution in [0.2, 0.25) is 0 Å². The van der Waals surface area contributed by atoms with Crippen LogP contribution in [0.1, 0.15) is 6.92 Å². The summed E-state index contributed by atoms with van der Waals surface area (Å²) in [7, 11) is 0. The van der Waals surface area contributed by atoms with E-state index < -0.39 is 0 Å². The quantitative estimate of drug-likeness (QED) is 0.226. The fourth-order valence-corrected chi connectivity index (χ4v) is 0.197. The number of nitrogens with one attached hydrogen (secondary N) is 2. The first-order chi connectivity index (χ1) is 2.91. The van der Waals surface area contributed by atoms with Gasteiger partial charge in [0.2, 0.25) is 0 Å². The fourth-order valence-electron chi connectivity index (χ4n) is 0.124. The number of thiocarbonyl (C=S) groups is 1. The van der Waals surface area contributed by atoms with Crippen molar-refractivity contribution in [2.45, 2.75) is 6.92 Å². The second kappa shape index (κ2) is 4.85. The van der Waals surface area contributed by atoms with Gasteiger partial charge in [0, 0.05) is 6.54 Å². The molecule has 6 heavy (non-hydrogen) atoms. The van der Waals surface area contributed by atoms with Crippen molar-refractivity contribution in [3.8, 4) is 0 Å². The SMILES string of the molecule is CCNN[C]=S. The van der Waals surface area contributed by atoms with Crippen molar-refractivity contribution in [3.05, 3.63) is 0 Å². The number of hydrazine groups is 1. The summed E-state index contributed by atoms with van der Waals surface area (Å²) >= 11 is 4.29. The van der Waals surface area contributed by atoms with Crippen LogP contribution in [0.4, 0.5) is 0 Å². The Labute approximate surface area is 42.9 Å². The second-order valence-corrected chi connectivity index (χ2v) is 0.962. The van der Waals surface area contributed by atoms with Gasteiger partial charge in [0.05, 0.1) is 0 Å². The summed E-state index contributed by atoms with van der Waals surface area (Å²) in [4.78, 5) is 0. The van der Waals surface area contributed by atoms with Crippen molar-refractivity contribution < 1.29 is 0 Å². The molecular weight excluding hydrogens is 96.1 g/mol. The van der Waals surface area contributed by atoms with Gasteiger partial charge in [0.15, 0.2) is 0 Å². The average Bonchev–Trinajstić information content (AvgIpc) is 1.61. The number of hydrogen-bond acceptors (Lipinski definition) is 2. The van der Waals surface area contributed by atoms with Crippen LogP contribution in [-0.2, 0) is 0 Å². The van der Waals surface area contributed by atoms with E-state index in [0.717, 1.165) is 6.54 Å². The largest absolute Gasteiger partial charge is 0.310 e. The number of hydrogen-bond donors (Lipinski definition) is 2. The summed E-state index contributed by atoms with van der Waals surface area (Å²) in [6.07, 6.45) is 0. The summed E-state index contributed by atoms with van der Waals surface area (Å²) in [5.41, 5.74) is 7.54. The third-order valence-electron chi connectivity index (χ3n) is 0.316. The maximum atomic E-state index is 4.29. The second-order valence-electron chi connectivity index (χ2n) is 0.757. The Morgan fingerprint density at radius 2 is 2.50 bits per heavy atom. The summed E-state index contributed by atoms with van der Waals surface area (Å²) in [5, 5.41) is 0. The van der Waals surface area contributed by atoms with E-state index in [1.165, 1.54) is 0 Å². The van der Waals surface area contributed by atoms with Crippen molar-refractivity contribution in [2.24, 2.45) is 0 Å². The summed E-state index contributed by atoms with van der Waals surface area (Å²) in [6.45, 7) is 2.84. The van der Waals surface area contributed by atoms with Crippen LogP contribution in [0, 0.1) is 0 Å². The lowest BCUT2D eigenvalue weighted by molar-refractivity contribution is 0.699. The highest BCUT2D eigenvalue weighted by Crippen LogP contribution is 1.41. The van der Waals surface area contributed by atoms with E-state index in [4.69, 9.17) is 0 Å². The van der Waals surface area contributed by atoms with Crippen LogP contribution in [0.25, 0.3) is 0 Å². The molecule has 0 aromatic rings. The first kappa shape index (κ1) is 5.85. The zero-order chi connectivity index (χ0) is 4.83. The molecule has 0 fully saturated rings. The van der Waals surface area contributed by atoms with Gasteiger partial charge in [0.1, 0.15) is 5.49 Å². The molecule has 0 rings (SSSR count). The minimum absolute atomic E-state index is 0.865. The molecule has 0 aliphatic carbocycles. The highest BCUT2D eigenvalue weighted by Gasteiger charge is 1.64. The summed E-state index contributed by atoms with van der Waals surface area (Å²) in [6, 6.07) is 0. The molecule has 0 aromatic heterocycles. The van der Waals surface area contributed by atoms with Crippen LogP contribution in [0.3, 0.4) is 0 Å². The Morgan fingerprint density at radius 3 is 2.67 bits per heavy atom. The van der Waals surface area contributed by atoms with E-state index in [1.807, 2.05) is 6.92 Å². The van der Waals surface area contributed by atoms with Gasteiger partial charge in [-0.3, -0.25) is 0 Å². The molecule has 0 aliphatic heterocycles. The van der Waals surface area contributed by atoms with Gasteiger partial charge in [-0.05, 0) is 0 Å². The number of rotatable bonds is 3. The molecule has 0 amide bonds. The molecule has 35 valence electrons. The molecule has 0 spiro atoms. The van der Waals surface area contributed by atoms with E-state index in [9.17, 15) is 0 Å². The van der Waals surface area contributed by atoms with Crippen LogP contribution in [-0.4, -0.2) is 12.0 Å². The Kier molecular flexibility index (Phi) is 4.73. The summed E-state index contributed by atoms with van der Waals surface area (Å²) < 4.78 is 0. The van der Waals surface area contributed by atoms with Gasteiger partial charge >= 0.3 is 0 Å². The molecule has 0 aliphatic rings. The minimum atomic E-state index is 0.865. The molecule has 3 heteroatoms. The minimum Gasteiger partial charge on any atom is -0.310 e. The van der Waals surface area contributed by atoms with Crippen LogP contribution in [0.15, 0.2) is 0 Å². The third-order valence-corrected chi connectivity index (χ3v) is 0.418. The van der Waals surface area contributed by atoms with Gasteiger partial charge in [-0.25, -0.2) is 5.43 Å². The highest BCUT2D eigenvalue weighted by molar-refractivity contribution is 7.78. The van der Waals surface area contributed by atoms with Crippen molar-refractivity contribution in [2.75, 3.05) is 6.54 Å². The molecule has 0 heterocycles. The van der Waals surface area contributed by atoms with Gasteiger partial charge in [-0.2, -0.15) is 0 Å². The molecule has 2 nitrogen and oxygen atoms in total. The van der Waals surface area contributed by atoms with Crippen LogP contribution >= 0.6 is 12.2 Å². The molecule has 0 bridgehead atoms. The smallest absolute Gasteiger partial charge is 0.149 e. The topological polar surface area (TPSA) is 24.1 Å². The van der Waals surface area contributed by atoms with E-state index in [0.29, 0.717) is 0 Å². The van der Waals surface area contributed by atoms with E-state index in [2.05, 4.69) is 28.6 Å². The maximum absolute atomic E-state index is 4.29. The highest BCUT2D eigenvalue weighted by atomic mass is 32.1. The Morgan fingerprint density at radius 1 is 1.83 bits per heavy atom. The summed E-state index contributed by atoms with van der Waals surface area (Å²) in [5.74, 6) is 0. The van der Waals surface area contributed by atoms with Crippen molar-refractivity contribution >= 4 is 17.7 Å². The predicted molar refractivity (Wildman–Crippen MR) is 29.4 cm³/mol. The Hall–Kier alpha value is -0.150. The first-order valence-corrected chi connectivity index (χ1v) is 2.17. The van der Waals surface area contributed by atoms with Crippen LogP contribution < -0.4 is 10.9 Å². The molecule has 0 saturated carbocycles. The standard InChI is InChI=1S/C3H7N2S/c1-2-4-5-3-6/h4H,2H2,1H3,(H,5,6). The van der Waals surface area contributed by atoms with E-state index in [-0.39, 0.29) is 0 Å². The molecule has 1 radical (unpaired) electrons. The van der Waals surface area contributed by atoms with E-state index >= 15 is 0 Å². The van der Waals surface area contributed by atoms with Crippen molar-refractivity contribution in [3.63, 3.8) is 0 Å². The van der Waals surface area contributed by atoms with Crippen LogP contribution in [0.5, 0.6) is 0 Å². The first-order valence-electron chi connectivity index (χ1n) is 1.76. The van der Waals surface area contributed by atoms with E-state index in [1.54, 1.807) is 0 Å². The van der Waals surface area contributed by atoms with Gasteiger partial charge in [-0.1, -0.05) is 19.1 Å². The lowest BCUT2D eigenvalue weighted by Crippen LogP contribution is -2.28. The maximum Gasteiger partial charge on any atom is 0.149 e.